The fourth-order valence-electron chi connectivity index (χ4n) is 4.40. The summed E-state index contributed by atoms with van der Waals surface area (Å²) >= 11 is 12.2. The second-order valence-corrected chi connectivity index (χ2v) is 10.7. The fourth-order valence-corrected chi connectivity index (χ4v) is 4.86. The zero-order chi connectivity index (χ0) is 31.2. The quantitative estimate of drug-likeness (QED) is 0.144. The van der Waals surface area contributed by atoms with Crippen LogP contribution in [0, 0.1) is 6.92 Å². The third-order valence-electron chi connectivity index (χ3n) is 6.70. The summed E-state index contributed by atoms with van der Waals surface area (Å²) in [5, 5.41) is 3.24. The highest BCUT2D eigenvalue weighted by Gasteiger charge is 2.36. The summed E-state index contributed by atoms with van der Waals surface area (Å²) in [6, 6.07) is 23.8. The number of imide groups is 2. The third-order valence-corrected chi connectivity index (χ3v) is 7.29. The maximum Gasteiger partial charge on any atom is 0.335 e. The monoisotopic (exact) mass is 630 g/mol. The van der Waals surface area contributed by atoms with Crippen LogP contribution < -0.4 is 24.4 Å². The van der Waals surface area contributed by atoms with E-state index in [1.165, 1.54) is 6.08 Å². The van der Waals surface area contributed by atoms with Crippen LogP contribution in [0.3, 0.4) is 0 Å². The number of aryl methyl sites for hydroxylation is 1. The van der Waals surface area contributed by atoms with Crippen molar-refractivity contribution in [2.45, 2.75) is 27.1 Å². The number of hydrogen-bond donors (Lipinski definition) is 1. The summed E-state index contributed by atoms with van der Waals surface area (Å²) in [4.78, 5) is 39.8. The lowest BCUT2D eigenvalue weighted by Crippen LogP contribution is -2.54. The molecule has 0 saturated carbocycles. The number of nitrogens with zero attached hydrogens (tertiary/aromatic N) is 1. The Morgan fingerprint density at radius 2 is 1.55 bits per heavy atom. The number of nitrogens with one attached hydrogen (secondary N) is 1. The number of hydrogen-bond acceptors (Lipinski definition) is 6. The van der Waals surface area contributed by atoms with Gasteiger partial charge in [0.25, 0.3) is 11.8 Å². The maximum atomic E-state index is 13.4. The van der Waals surface area contributed by atoms with E-state index in [4.69, 9.17) is 37.4 Å². The molecule has 10 heteroatoms. The summed E-state index contributed by atoms with van der Waals surface area (Å²) < 4.78 is 17.5. The summed E-state index contributed by atoms with van der Waals surface area (Å²) in [5.41, 5.74) is 3.48. The molecular weight excluding hydrogens is 603 g/mol. The van der Waals surface area contributed by atoms with Gasteiger partial charge < -0.3 is 14.2 Å². The molecule has 1 aliphatic rings. The van der Waals surface area contributed by atoms with E-state index in [1.54, 1.807) is 60.7 Å². The van der Waals surface area contributed by atoms with Crippen molar-refractivity contribution in [3.05, 3.63) is 123 Å². The van der Waals surface area contributed by atoms with E-state index in [1.807, 2.05) is 38.1 Å². The predicted molar refractivity (Wildman–Crippen MR) is 169 cm³/mol. The molecule has 0 radical (unpaired) electrons. The van der Waals surface area contributed by atoms with Crippen molar-refractivity contribution in [3.63, 3.8) is 0 Å². The second kappa shape index (κ2) is 13.7. The molecule has 1 N–H and O–H groups in total. The van der Waals surface area contributed by atoms with Crippen molar-refractivity contribution < 1.29 is 28.6 Å². The first-order valence-electron chi connectivity index (χ1n) is 13.7. The molecule has 4 aromatic carbocycles. The number of urea groups is 1. The van der Waals surface area contributed by atoms with E-state index >= 15 is 0 Å². The largest absolute Gasteiger partial charge is 0.490 e. The number of carbonyl (C=O) groups is 3. The van der Waals surface area contributed by atoms with Gasteiger partial charge in [0.1, 0.15) is 24.5 Å². The molecule has 0 spiro atoms. The standard InChI is InChI=1S/C34H28Cl2N2O6/c1-3-42-31-17-23(8-15-30(31)44-20-24-9-10-25(35)18-29(24)36)16-28-32(39)37-34(41)38(33(28)40)26-11-13-27(14-12-26)43-19-22-6-4-21(2)5-7-22/h4-18H,3,19-20H2,1-2H3,(H,37,39,41)/b28-16+. The van der Waals surface area contributed by atoms with Gasteiger partial charge in [0.05, 0.1) is 12.3 Å². The molecule has 0 atom stereocenters. The molecule has 1 saturated heterocycles. The number of rotatable bonds is 10. The third kappa shape index (κ3) is 7.22. The minimum absolute atomic E-state index is 0.171. The molecule has 4 amide bonds. The van der Waals surface area contributed by atoms with Crippen molar-refractivity contribution in [2.24, 2.45) is 0 Å². The van der Waals surface area contributed by atoms with Gasteiger partial charge in [0.15, 0.2) is 11.5 Å². The number of benzene rings is 4. The smallest absolute Gasteiger partial charge is 0.335 e. The molecular formula is C34H28Cl2N2O6. The lowest BCUT2D eigenvalue weighted by atomic mass is 10.1. The van der Waals surface area contributed by atoms with E-state index < -0.39 is 17.8 Å². The van der Waals surface area contributed by atoms with Gasteiger partial charge >= 0.3 is 6.03 Å². The lowest BCUT2D eigenvalue weighted by molar-refractivity contribution is -0.122. The summed E-state index contributed by atoms with van der Waals surface area (Å²) in [7, 11) is 0. The first-order valence-corrected chi connectivity index (χ1v) is 14.5. The second-order valence-electron chi connectivity index (χ2n) is 9.89. The minimum Gasteiger partial charge on any atom is -0.490 e. The number of amides is 4. The van der Waals surface area contributed by atoms with Crippen molar-refractivity contribution >= 4 is 52.8 Å². The average Bonchev–Trinajstić information content (AvgIpc) is 3.00. The molecule has 0 aliphatic carbocycles. The van der Waals surface area contributed by atoms with Crippen LogP contribution in [-0.2, 0) is 22.8 Å². The van der Waals surface area contributed by atoms with Gasteiger partial charge in [-0.3, -0.25) is 14.9 Å². The van der Waals surface area contributed by atoms with Crippen molar-refractivity contribution in [2.75, 3.05) is 11.5 Å². The summed E-state index contributed by atoms with van der Waals surface area (Å²) in [6.45, 7) is 4.73. The minimum atomic E-state index is -0.843. The van der Waals surface area contributed by atoms with Crippen LogP contribution in [0.4, 0.5) is 10.5 Å². The van der Waals surface area contributed by atoms with Crippen LogP contribution in [0.25, 0.3) is 6.08 Å². The topological polar surface area (TPSA) is 94.2 Å². The number of barbiturate groups is 1. The zero-order valence-corrected chi connectivity index (χ0v) is 25.4. The van der Waals surface area contributed by atoms with E-state index in [9.17, 15) is 14.4 Å². The van der Waals surface area contributed by atoms with E-state index in [0.717, 1.165) is 21.6 Å². The van der Waals surface area contributed by atoms with Gasteiger partial charge in [0.2, 0.25) is 0 Å². The Morgan fingerprint density at radius 1 is 0.795 bits per heavy atom. The van der Waals surface area contributed by atoms with E-state index in [-0.39, 0.29) is 17.9 Å². The highest BCUT2D eigenvalue weighted by atomic mass is 35.5. The van der Waals surface area contributed by atoms with Crippen LogP contribution in [0.2, 0.25) is 10.0 Å². The highest BCUT2D eigenvalue weighted by Crippen LogP contribution is 2.32. The van der Waals surface area contributed by atoms with Gasteiger partial charge in [0, 0.05) is 15.6 Å². The lowest BCUT2D eigenvalue weighted by Gasteiger charge is -2.26. The Morgan fingerprint density at radius 3 is 2.25 bits per heavy atom. The molecule has 4 aromatic rings. The van der Waals surface area contributed by atoms with Gasteiger partial charge in [-0.15, -0.1) is 0 Å². The fraction of sp³-hybridized carbons (Fsp3) is 0.147. The maximum absolute atomic E-state index is 13.4. The Balaban J connectivity index is 1.32. The SMILES string of the molecule is CCOc1cc(/C=C2\C(=O)NC(=O)N(c3ccc(OCc4ccc(C)cc4)cc3)C2=O)ccc1OCc1ccc(Cl)cc1Cl. The zero-order valence-electron chi connectivity index (χ0n) is 23.9. The Labute approximate surface area is 264 Å². The van der Waals surface area contributed by atoms with Crippen LogP contribution in [0.15, 0.2) is 90.5 Å². The molecule has 0 unspecified atom stereocenters. The molecule has 0 aromatic heterocycles. The van der Waals surface area contributed by atoms with Crippen molar-refractivity contribution in [1.82, 2.24) is 5.32 Å². The number of carbonyl (C=O) groups excluding carboxylic acids is 3. The highest BCUT2D eigenvalue weighted by molar-refractivity contribution is 6.39. The summed E-state index contributed by atoms with van der Waals surface area (Å²) in [6.07, 6.45) is 1.40. The van der Waals surface area contributed by atoms with Crippen molar-refractivity contribution in [1.29, 1.82) is 0 Å². The average molecular weight is 632 g/mol. The molecule has 1 aliphatic heterocycles. The number of ether oxygens (including phenoxy) is 3. The van der Waals surface area contributed by atoms with Gasteiger partial charge in [-0.25, -0.2) is 9.69 Å². The first-order chi connectivity index (χ1) is 21.2. The molecule has 224 valence electrons. The first kappa shape index (κ1) is 30.7. The molecule has 1 heterocycles. The van der Waals surface area contributed by atoms with Crippen LogP contribution in [0.1, 0.15) is 29.2 Å². The van der Waals surface area contributed by atoms with Gasteiger partial charge in [-0.2, -0.15) is 0 Å². The van der Waals surface area contributed by atoms with Crippen LogP contribution in [-0.4, -0.2) is 24.5 Å². The van der Waals surface area contributed by atoms with Crippen LogP contribution in [0.5, 0.6) is 17.2 Å². The van der Waals surface area contributed by atoms with E-state index in [0.29, 0.717) is 46.1 Å². The van der Waals surface area contributed by atoms with Gasteiger partial charge in [-0.1, -0.05) is 65.2 Å². The summed E-state index contributed by atoms with van der Waals surface area (Å²) in [5.74, 6) is -0.145. The Bertz CT molecular complexity index is 1740. The number of anilines is 1. The molecule has 0 bridgehead atoms. The van der Waals surface area contributed by atoms with Crippen LogP contribution >= 0.6 is 23.2 Å². The van der Waals surface area contributed by atoms with Gasteiger partial charge in [-0.05, 0) is 79.6 Å². The Kier molecular flexibility index (Phi) is 9.53. The Hall–Kier alpha value is -4.79. The number of halogens is 2. The normalized spacial score (nSPS) is 14.0. The van der Waals surface area contributed by atoms with Crippen molar-refractivity contribution in [3.8, 4) is 17.2 Å². The molecule has 8 nitrogen and oxygen atoms in total. The predicted octanol–water partition coefficient (Wildman–Crippen LogP) is 7.52. The van der Waals surface area contributed by atoms with E-state index in [2.05, 4.69) is 5.32 Å². The molecule has 44 heavy (non-hydrogen) atoms. The molecule has 5 rings (SSSR count). The molecule has 1 fully saturated rings.